The summed E-state index contributed by atoms with van der Waals surface area (Å²) in [7, 11) is 0. The topological polar surface area (TPSA) is 0 Å². The van der Waals surface area contributed by atoms with Gasteiger partial charge in [-0.15, -0.1) is 0 Å². The van der Waals surface area contributed by atoms with Crippen LogP contribution in [0.4, 0.5) is 0 Å². The van der Waals surface area contributed by atoms with Crippen molar-refractivity contribution < 1.29 is 0 Å². The first-order valence-corrected chi connectivity index (χ1v) is 7.72. The van der Waals surface area contributed by atoms with Crippen LogP contribution in [0.25, 0.3) is 0 Å². The van der Waals surface area contributed by atoms with Crippen LogP contribution in [0, 0.1) is 53.3 Å². The summed E-state index contributed by atoms with van der Waals surface area (Å²) in [4.78, 5) is 0. The Bertz CT molecular complexity index is 307. The molecule has 0 radical (unpaired) electrons. The van der Waals surface area contributed by atoms with Gasteiger partial charge in [-0.05, 0) is 72.5 Å². The molecule has 0 saturated heterocycles. The monoisotopic (exact) mass is 218 g/mol. The van der Waals surface area contributed by atoms with Gasteiger partial charge in [0.2, 0.25) is 0 Å². The molecule has 0 amide bonds. The highest BCUT2D eigenvalue weighted by Crippen LogP contribution is 2.74. The second-order valence-electron chi connectivity index (χ2n) is 7.54. The molecule has 0 nitrogen and oxygen atoms in total. The van der Waals surface area contributed by atoms with Crippen molar-refractivity contribution in [3.8, 4) is 0 Å². The first-order valence-electron chi connectivity index (χ1n) is 7.72. The van der Waals surface area contributed by atoms with Gasteiger partial charge in [0, 0.05) is 0 Å². The van der Waals surface area contributed by atoms with Gasteiger partial charge in [0.05, 0.1) is 0 Å². The summed E-state index contributed by atoms with van der Waals surface area (Å²) >= 11 is 0. The molecule has 4 fully saturated rings. The summed E-state index contributed by atoms with van der Waals surface area (Å²) in [5.74, 6) is 10.4. The Morgan fingerprint density at radius 2 is 1.69 bits per heavy atom. The van der Waals surface area contributed by atoms with Crippen molar-refractivity contribution in [3.05, 3.63) is 0 Å². The molecule has 4 saturated carbocycles. The molecule has 0 N–H and O–H groups in total. The van der Waals surface area contributed by atoms with Gasteiger partial charge in [-0.25, -0.2) is 0 Å². The van der Waals surface area contributed by atoms with Crippen LogP contribution < -0.4 is 0 Å². The molecule has 4 rings (SSSR count). The normalized spacial score (nSPS) is 63.2. The quantitative estimate of drug-likeness (QED) is 0.651. The molecule has 0 aromatic carbocycles. The first kappa shape index (κ1) is 9.97. The number of hydrogen-bond donors (Lipinski definition) is 0. The van der Waals surface area contributed by atoms with Gasteiger partial charge in [0.25, 0.3) is 0 Å². The maximum absolute atomic E-state index is 2.50. The van der Waals surface area contributed by atoms with Crippen LogP contribution in [0.5, 0.6) is 0 Å². The van der Waals surface area contributed by atoms with E-state index in [-0.39, 0.29) is 0 Å². The van der Waals surface area contributed by atoms with Crippen molar-refractivity contribution >= 4 is 0 Å². The molecular weight excluding hydrogens is 192 g/mol. The predicted molar refractivity (Wildman–Crippen MR) is 66.9 cm³/mol. The third kappa shape index (κ3) is 0.946. The van der Waals surface area contributed by atoms with E-state index in [4.69, 9.17) is 0 Å². The Balaban J connectivity index is 1.48. The number of hydrogen-bond acceptors (Lipinski definition) is 0. The van der Waals surface area contributed by atoms with Crippen LogP contribution in [0.15, 0.2) is 0 Å². The number of rotatable bonds is 2. The van der Waals surface area contributed by atoms with Gasteiger partial charge in [-0.3, -0.25) is 0 Å². The largest absolute Gasteiger partial charge is 0.0651 e. The average Bonchev–Trinajstić information content (AvgIpc) is 2.45. The van der Waals surface area contributed by atoms with Crippen LogP contribution in [-0.4, -0.2) is 0 Å². The summed E-state index contributed by atoms with van der Waals surface area (Å²) in [6, 6.07) is 0. The van der Waals surface area contributed by atoms with Crippen molar-refractivity contribution in [3.63, 3.8) is 0 Å². The molecule has 0 bridgehead atoms. The minimum Gasteiger partial charge on any atom is -0.0651 e. The molecule has 16 heavy (non-hydrogen) atoms. The Labute approximate surface area is 100 Å². The van der Waals surface area contributed by atoms with E-state index in [9.17, 15) is 0 Å². The molecule has 0 aromatic heterocycles. The molecular formula is C16H26. The minimum absolute atomic E-state index is 1.01. The van der Waals surface area contributed by atoms with Gasteiger partial charge in [0.15, 0.2) is 0 Å². The molecule has 0 heteroatoms. The Morgan fingerprint density at radius 3 is 2.38 bits per heavy atom. The zero-order valence-electron chi connectivity index (χ0n) is 11.0. The third-order valence-corrected chi connectivity index (χ3v) is 7.34. The zero-order valence-corrected chi connectivity index (χ0v) is 11.0. The van der Waals surface area contributed by atoms with Crippen molar-refractivity contribution in [1.29, 1.82) is 0 Å². The lowest BCUT2D eigenvalue weighted by molar-refractivity contribution is -0.153. The summed E-state index contributed by atoms with van der Waals surface area (Å²) in [5.41, 5.74) is 0. The summed E-state index contributed by atoms with van der Waals surface area (Å²) in [5, 5.41) is 0. The Kier molecular flexibility index (Phi) is 1.91. The van der Waals surface area contributed by atoms with Crippen LogP contribution in [-0.2, 0) is 0 Å². The van der Waals surface area contributed by atoms with Crippen molar-refractivity contribution in [1.82, 2.24) is 0 Å². The van der Waals surface area contributed by atoms with Gasteiger partial charge >= 0.3 is 0 Å². The summed E-state index contributed by atoms with van der Waals surface area (Å²) < 4.78 is 0. The fourth-order valence-electron chi connectivity index (χ4n) is 6.35. The summed E-state index contributed by atoms with van der Waals surface area (Å²) in [6.45, 7) is 7.38. The molecule has 4 aliphatic carbocycles. The van der Waals surface area contributed by atoms with E-state index in [1.165, 1.54) is 41.9 Å². The van der Waals surface area contributed by atoms with Gasteiger partial charge in [-0.2, -0.15) is 0 Å². The van der Waals surface area contributed by atoms with Crippen molar-refractivity contribution in [2.24, 2.45) is 53.3 Å². The Morgan fingerprint density at radius 1 is 0.938 bits per heavy atom. The van der Waals surface area contributed by atoms with Gasteiger partial charge in [-0.1, -0.05) is 27.2 Å². The van der Waals surface area contributed by atoms with Crippen LogP contribution in [0.3, 0.4) is 0 Å². The van der Waals surface area contributed by atoms with Gasteiger partial charge in [0.1, 0.15) is 0 Å². The highest BCUT2D eigenvalue weighted by atomic mass is 14.7. The highest BCUT2D eigenvalue weighted by Gasteiger charge is 2.68. The maximum Gasteiger partial charge on any atom is -0.0320 e. The van der Waals surface area contributed by atoms with E-state index in [1.807, 2.05) is 0 Å². The highest BCUT2D eigenvalue weighted by molar-refractivity contribution is 5.16. The van der Waals surface area contributed by atoms with Crippen LogP contribution in [0.2, 0.25) is 0 Å². The SMILES string of the molecule is CCC(C)C1CC2C1CC1C3C(C)CC3C21. The second kappa shape index (κ2) is 3.06. The van der Waals surface area contributed by atoms with Crippen molar-refractivity contribution in [2.45, 2.75) is 46.5 Å². The first-order chi connectivity index (χ1) is 7.72. The fourth-order valence-corrected chi connectivity index (χ4v) is 6.35. The lowest BCUT2D eigenvalue weighted by Crippen LogP contribution is -2.58. The number of fused-ring (bicyclic) bond motifs is 6. The van der Waals surface area contributed by atoms with E-state index < -0.39 is 0 Å². The standard InChI is InChI=1S/C16H26/c1-4-8(2)10-6-12-11(10)7-14-15-9(3)5-13(15)16(12)14/h8-16H,4-7H2,1-3H3. The molecule has 0 heterocycles. The van der Waals surface area contributed by atoms with E-state index in [1.54, 1.807) is 19.3 Å². The maximum atomic E-state index is 2.50. The van der Waals surface area contributed by atoms with Gasteiger partial charge < -0.3 is 0 Å². The summed E-state index contributed by atoms with van der Waals surface area (Å²) in [6.07, 6.45) is 6.24. The molecule has 0 spiro atoms. The van der Waals surface area contributed by atoms with E-state index >= 15 is 0 Å². The third-order valence-electron chi connectivity index (χ3n) is 7.34. The molecule has 4 aliphatic rings. The second-order valence-corrected chi connectivity index (χ2v) is 7.54. The minimum atomic E-state index is 1.01. The molecule has 0 aliphatic heterocycles. The average molecular weight is 218 g/mol. The predicted octanol–water partition coefficient (Wildman–Crippen LogP) is 4.21. The van der Waals surface area contributed by atoms with Crippen molar-refractivity contribution in [2.75, 3.05) is 0 Å². The molecule has 90 valence electrons. The molecule has 0 aromatic rings. The smallest absolute Gasteiger partial charge is 0.0320 e. The van der Waals surface area contributed by atoms with E-state index in [0.717, 1.165) is 17.8 Å². The van der Waals surface area contributed by atoms with Crippen LogP contribution >= 0.6 is 0 Å². The molecule has 9 atom stereocenters. The lowest BCUT2D eigenvalue weighted by Gasteiger charge is -2.63. The molecule has 9 unspecified atom stereocenters. The lowest BCUT2D eigenvalue weighted by atomic mass is 9.42. The Hall–Kier alpha value is 0. The van der Waals surface area contributed by atoms with Crippen LogP contribution in [0.1, 0.15) is 46.5 Å². The van der Waals surface area contributed by atoms with E-state index in [0.29, 0.717) is 0 Å². The fraction of sp³-hybridized carbons (Fsp3) is 1.00. The zero-order chi connectivity index (χ0) is 11.0. The van der Waals surface area contributed by atoms with E-state index in [2.05, 4.69) is 20.8 Å².